The van der Waals surface area contributed by atoms with Crippen molar-refractivity contribution in [3.63, 3.8) is 0 Å². The molecule has 2 rings (SSSR count). The summed E-state index contributed by atoms with van der Waals surface area (Å²) in [5, 5.41) is 13.7. The summed E-state index contributed by atoms with van der Waals surface area (Å²) in [4.78, 5) is 36.6. The van der Waals surface area contributed by atoms with E-state index in [0.29, 0.717) is 11.3 Å². The average Bonchev–Trinajstić information content (AvgIpc) is 2.78. The molecule has 0 saturated carbocycles. The van der Waals surface area contributed by atoms with Gasteiger partial charge in [-0.1, -0.05) is 18.7 Å². The molecule has 6 nitrogen and oxygen atoms in total. The molecular formula is C14H18N2O4S2. The molecule has 2 heterocycles. The Hall–Kier alpha value is -1.41. The molecule has 2 N–H and O–H groups in total. The molecule has 0 aromatic heterocycles. The molecule has 0 aromatic rings. The van der Waals surface area contributed by atoms with Crippen LogP contribution >= 0.6 is 23.5 Å². The van der Waals surface area contributed by atoms with Crippen LogP contribution in [0.3, 0.4) is 0 Å². The number of rotatable bonds is 6. The van der Waals surface area contributed by atoms with Gasteiger partial charge in [-0.05, 0) is 11.7 Å². The summed E-state index contributed by atoms with van der Waals surface area (Å²) >= 11 is 2.85. The van der Waals surface area contributed by atoms with Gasteiger partial charge in [0.25, 0.3) is 0 Å². The van der Waals surface area contributed by atoms with E-state index in [1.54, 1.807) is 17.2 Å². The summed E-state index contributed by atoms with van der Waals surface area (Å²) in [7, 11) is 0. The third-order valence-corrected chi connectivity index (χ3v) is 5.77. The Balaban J connectivity index is 2.13. The van der Waals surface area contributed by atoms with Crippen LogP contribution in [-0.2, 0) is 14.4 Å². The highest BCUT2D eigenvalue weighted by molar-refractivity contribution is 8.05. The molecule has 2 aliphatic heterocycles. The van der Waals surface area contributed by atoms with Gasteiger partial charge >= 0.3 is 5.97 Å². The van der Waals surface area contributed by atoms with E-state index >= 15 is 0 Å². The van der Waals surface area contributed by atoms with Crippen LogP contribution in [0, 0.1) is 5.92 Å². The van der Waals surface area contributed by atoms with Crippen molar-refractivity contribution in [3.05, 3.63) is 22.2 Å². The third-order valence-electron chi connectivity index (χ3n) is 3.81. The predicted molar refractivity (Wildman–Crippen MR) is 86.9 cm³/mol. The highest BCUT2D eigenvalue weighted by Crippen LogP contribution is 2.48. The van der Waals surface area contributed by atoms with Crippen molar-refractivity contribution in [1.82, 2.24) is 10.2 Å². The van der Waals surface area contributed by atoms with Crippen molar-refractivity contribution >= 4 is 41.3 Å². The molecule has 1 saturated heterocycles. The third kappa shape index (κ3) is 3.03. The lowest BCUT2D eigenvalue weighted by atomic mass is 9.85. The molecule has 0 unspecified atom stereocenters. The molecule has 2 aliphatic rings. The lowest BCUT2D eigenvalue weighted by Gasteiger charge is -2.45. The van der Waals surface area contributed by atoms with E-state index in [1.807, 2.05) is 13.2 Å². The second-order valence-corrected chi connectivity index (χ2v) is 7.36. The highest BCUT2D eigenvalue weighted by atomic mass is 32.2. The molecule has 1 fully saturated rings. The topological polar surface area (TPSA) is 86.7 Å². The Bertz CT molecular complexity index is 573. The van der Waals surface area contributed by atoms with E-state index in [9.17, 15) is 19.5 Å². The van der Waals surface area contributed by atoms with Crippen molar-refractivity contribution in [3.8, 4) is 0 Å². The summed E-state index contributed by atoms with van der Waals surface area (Å²) in [6.07, 6.45) is 3.98. The number of nitrogens with one attached hydrogen (secondary N) is 1. The molecule has 2 amide bonds. The Morgan fingerprint density at radius 2 is 2.18 bits per heavy atom. The summed E-state index contributed by atoms with van der Waals surface area (Å²) in [6, 6.07) is -0.0577. The number of amides is 2. The first kappa shape index (κ1) is 17.0. The summed E-state index contributed by atoms with van der Waals surface area (Å²) < 4.78 is 0. The number of carboxylic acid groups (broad SMARTS) is 1. The van der Waals surface area contributed by atoms with Crippen molar-refractivity contribution in [1.29, 1.82) is 0 Å². The smallest absolute Gasteiger partial charge is 0.353 e. The van der Waals surface area contributed by atoms with Crippen LogP contribution in [-0.4, -0.2) is 45.3 Å². The zero-order chi connectivity index (χ0) is 16.4. The maximum Gasteiger partial charge on any atom is 0.353 e. The van der Waals surface area contributed by atoms with E-state index in [2.05, 4.69) is 5.32 Å². The number of β-lactam (4-membered cyclic amide) rings is 1. The SMILES string of the molecule is CS[C@@H](C)[C@H]1C(=O)N2C(C(=O)O)=C(SC=CNC(C)=O)C[C@H]12. The average molecular weight is 342 g/mol. The van der Waals surface area contributed by atoms with Crippen LogP contribution in [0.4, 0.5) is 0 Å². The number of hydrogen-bond acceptors (Lipinski definition) is 5. The number of nitrogens with zero attached hydrogens (tertiary/aromatic N) is 1. The van der Waals surface area contributed by atoms with E-state index in [4.69, 9.17) is 0 Å². The second kappa shape index (κ2) is 6.78. The summed E-state index contributed by atoms with van der Waals surface area (Å²) in [6.45, 7) is 3.39. The summed E-state index contributed by atoms with van der Waals surface area (Å²) in [5.74, 6) is -1.50. The normalized spacial score (nSPS) is 25.2. The number of carbonyl (C=O) groups is 3. The lowest BCUT2D eigenvalue weighted by molar-refractivity contribution is -0.154. The van der Waals surface area contributed by atoms with E-state index in [0.717, 1.165) is 0 Å². The number of carboxylic acids is 1. The number of hydrogen-bond donors (Lipinski definition) is 2. The van der Waals surface area contributed by atoms with E-state index in [1.165, 1.54) is 29.8 Å². The first-order valence-electron chi connectivity index (χ1n) is 6.79. The van der Waals surface area contributed by atoms with Gasteiger partial charge in [0.15, 0.2) is 0 Å². The molecule has 0 spiro atoms. The van der Waals surface area contributed by atoms with Crippen LogP contribution in [0.5, 0.6) is 0 Å². The molecule has 0 radical (unpaired) electrons. The number of fused-ring (bicyclic) bond motifs is 1. The van der Waals surface area contributed by atoms with Gasteiger partial charge in [0, 0.05) is 29.7 Å². The molecular weight excluding hydrogens is 324 g/mol. The first-order valence-corrected chi connectivity index (χ1v) is 8.96. The molecule has 120 valence electrons. The largest absolute Gasteiger partial charge is 0.477 e. The van der Waals surface area contributed by atoms with Gasteiger partial charge in [-0.3, -0.25) is 9.59 Å². The number of carbonyl (C=O) groups excluding carboxylic acids is 2. The fourth-order valence-corrected chi connectivity index (χ4v) is 4.19. The molecule has 0 aliphatic carbocycles. The van der Waals surface area contributed by atoms with Crippen LogP contribution in [0.2, 0.25) is 0 Å². The fourth-order valence-electron chi connectivity index (χ4n) is 2.74. The van der Waals surface area contributed by atoms with Gasteiger partial charge < -0.3 is 15.3 Å². The summed E-state index contributed by atoms with van der Waals surface area (Å²) in [5.41, 5.74) is 0.0806. The highest BCUT2D eigenvalue weighted by Gasteiger charge is 2.56. The minimum atomic E-state index is -1.08. The number of thioether (sulfide) groups is 2. The Kier molecular flexibility index (Phi) is 5.23. The van der Waals surface area contributed by atoms with Crippen molar-refractivity contribution in [2.24, 2.45) is 5.92 Å². The van der Waals surface area contributed by atoms with Gasteiger partial charge in [0.2, 0.25) is 11.8 Å². The maximum atomic E-state index is 12.3. The van der Waals surface area contributed by atoms with E-state index < -0.39 is 5.97 Å². The van der Waals surface area contributed by atoms with Crippen LogP contribution < -0.4 is 5.32 Å². The van der Waals surface area contributed by atoms with Crippen LogP contribution in [0.25, 0.3) is 0 Å². The zero-order valence-electron chi connectivity index (χ0n) is 12.5. The Labute approximate surface area is 137 Å². The van der Waals surface area contributed by atoms with Crippen molar-refractivity contribution in [2.75, 3.05) is 6.26 Å². The Morgan fingerprint density at radius 1 is 1.50 bits per heavy atom. The molecule has 0 bridgehead atoms. The minimum absolute atomic E-state index is 0.0577. The molecule has 0 aromatic carbocycles. The zero-order valence-corrected chi connectivity index (χ0v) is 14.2. The molecule has 8 heteroatoms. The van der Waals surface area contributed by atoms with Crippen molar-refractivity contribution in [2.45, 2.75) is 31.6 Å². The van der Waals surface area contributed by atoms with Crippen LogP contribution in [0.1, 0.15) is 20.3 Å². The maximum absolute atomic E-state index is 12.3. The van der Waals surface area contributed by atoms with Gasteiger partial charge in [-0.15, -0.1) is 0 Å². The molecule has 3 atom stereocenters. The monoisotopic (exact) mass is 342 g/mol. The number of aliphatic carboxylic acids is 1. The van der Waals surface area contributed by atoms with Crippen molar-refractivity contribution < 1.29 is 19.5 Å². The van der Waals surface area contributed by atoms with Gasteiger partial charge in [-0.25, -0.2) is 4.79 Å². The van der Waals surface area contributed by atoms with Crippen LogP contribution in [0.15, 0.2) is 22.2 Å². The fraction of sp³-hybridized carbons (Fsp3) is 0.500. The predicted octanol–water partition coefficient (Wildman–Crippen LogP) is 1.61. The molecule has 22 heavy (non-hydrogen) atoms. The standard InChI is InChI=1S/C14H18N2O4S2/c1-7(21-3)11-9-6-10(22-5-4-15-8(2)17)12(14(19)20)16(9)13(11)18/h4-5,7,9,11H,6H2,1-3H3,(H,15,17)(H,19,20)/t7-,9+,11+/m0/s1. The minimum Gasteiger partial charge on any atom is -0.477 e. The second-order valence-electron chi connectivity index (χ2n) is 5.14. The quantitative estimate of drug-likeness (QED) is 0.713. The Morgan fingerprint density at radius 3 is 2.73 bits per heavy atom. The first-order chi connectivity index (χ1) is 10.4. The van der Waals surface area contributed by atoms with Gasteiger partial charge in [0.1, 0.15) is 5.70 Å². The van der Waals surface area contributed by atoms with Gasteiger partial charge in [-0.2, -0.15) is 11.8 Å². The van der Waals surface area contributed by atoms with Gasteiger partial charge in [0.05, 0.1) is 12.0 Å². The lowest BCUT2D eigenvalue weighted by Crippen LogP contribution is -2.61. The van der Waals surface area contributed by atoms with E-state index in [-0.39, 0.29) is 34.7 Å².